The lowest BCUT2D eigenvalue weighted by molar-refractivity contribution is 1.05. The Morgan fingerprint density at radius 1 is 1.64 bits per heavy atom. The zero-order valence-corrected chi connectivity index (χ0v) is 8.76. The highest BCUT2D eigenvalue weighted by molar-refractivity contribution is 9.10. The molecule has 0 atom stereocenters. The van der Waals surface area contributed by atoms with Gasteiger partial charge < -0.3 is 0 Å². The zero-order chi connectivity index (χ0) is 7.84. The van der Waals surface area contributed by atoms with E-state index in [1.54, 1.807) is 5.57 Å². The van der Waals surface area contributed by atoms with Gasteiger partial charge in [0, 0.05) is 26.7 Å². The quantitative estimate of drug-likeness (QED) is 0.685. The number of hydrogen-bond acceptors (Lipinski definition) is 1. The van der Waals surface area contributed by atoms with E-state index >= 15 is 0 Å². The number of rotatable bonds is 1. The first kappa shape index (κ1) is 7.56. The van der Waals surface area contributed by atoms with Gasteiger partial charge in [-0.15, -0.1) is 11.3 Å². The lowest BCUT2D eigenvalue weighted by Crippen LogP contribution is -1.77. The van der Waals surface area contributed by atoms with E-state index in [0.29, 0.717) is 0 Å². The Kier molecular flexibility index (Phi) is 1.90. The highest BCUT2D eigenvalue weighted by atomic mass is 79.9. The first-order valence-electron chi connectivity index (χ1n) is 3.76. The molecule has 0 saturated heterocycles. The van der Waals surface area contributed by atoms with Crippen molar-refractivity contribution in [2.24, 2.45) is 0 Å². The van der Waals surface area contributed by atoms with Crippen molar-refractivity contribution in [1.29, 1.82) is 0 Å². The van der Waals surface area contributed by atoms with Crippen LogP contribution in [0.2, 0.25) is 0 Å². The Morgan fingerprint density at radius 2 is 2.45 bits per heavy atom. The van der Waals surface area contributed by atoms with Crippen LogP contribution in [0.3, 0.4) is 0 Å². The topological polar surface area (TPSA) is 0 Å². The van der Waals surface area contributed by atoms with Crippen LogP contribution >= 0.6 is 27.3 Å². The molecule has 0 radical (unpaired) electrons. The first-order valence-corrected chi connectivity index (χ1v) is 5.44. The van der Waals surface area contributed by atoms with E-state index in [1.807, 2.05) is 11.3 Å². The number of fused-ring (bicyclic) bond motifs is 1. The molecule has 1 aromatic heterocycles. The third-order valence-electron chi connectivity index (χ3n) is 2.05. The van der Waals surface area contributed by atoms with Gasteiger partial charge in [-0.2, -0.15) is 0 Å². The van der Waals surface area contributed by atoms with E-state index in [1.165, 1.54) is 27.8 Å². The molecule has 0 fully saturated rings. The van der Waals surface area contributed by atoms with Gasteiger partial charge in [0.15, 0.2) is 0 Å². The third kappa shape index (κ3) is 1.18. The number of hydrogen-bond donors (Lipinski definition) is 0. The molecule has 1 aromatic rings. The van der Waals surface area contributed by atoms with Crippen molar-refractivity contribution in [3.8, 4) is 0 Å². The highest BCUT2D eigenvalue weighted by Gasteiger charge is 2.15. The van der Waals surface area contributed by atoms with E-state index in [9.17, 15) is 0 Å². The van der Waals surface area contributed by atoms with Gasteiger partial charge in [0.25, 0.3) is 0 Å². The highest BCUT2D eigenvalue weighted by Crippen LogP contribution is 2.36. The molecule has 0 saturated carbocycles. The van der Waals surface area contributed by atoms with Gasteiger partial charge in [0.1, 0.15) is 0 Å². The fourth-order valence-corrected chi connectivity index (χ4v) is 3.06. The molecule has 11 heavy (non-hydrogen) atoms. The number of allylic oxidation sites excluding steroid dienone is 1. The second-order valence-corrected chi connectivity index (χ2v) is 4.57. The summed E-state index contributed by atoms with van der Waals surface area (Å²) in [5.74, 6) is 0. The van der Waals surface area contributed by atoms with Gasteiger partial charge in [0.2, 0.25) is 0 Å². The summed E-state index contributed by atoms with van der Waals surface area (Å²) < 4.78 is 1.26. The minimum Gasteiger partial charge on any atom is -0.147 e. The molecule has 0 unspecified atom stereocenters. The van der Waals surface area contributed by atoms with Gasteiger partial charge in [-0.05, 0) is 22.4 Å². The molecule has 1 aliphatic rings. The molecule has 2 heteroatoms. The van der Waals surface area contributed by atoms with Gasteiger partial charge in [-0.25, -0.2) is 0 Å². The summed E-state index contributed by atoms with van der Waals surface area (Å²) in [5.41, 5.74) is 2.99. The molecular formula is C9H9BrS. The first-order chi connectivity index (χ1) is 5.31. The van der Waals surface area contributed by atoms with Crippen LogP contribution in [0, 0.1) is 0 Å². The molecule has 0 aromatic carbocycles. The Hall–Kier alpha value is -0.0800. The summed E-state index contributed by atoms with van der Waals surface area (Å²) in [6.07, 6.45) is 4.69. The maximum atomic E-state index is 3.54. The summed E-state index contributed by atoms with van der Waals surface area (Å²) in [4.78, 5) is 1.52. The monoisotopic (exact) mass is 228 g/mol. The molecular weight excluding hydrogens is 220 g/mol. The third-order valence-corrected chi connectivity index (χ3v) is 4.01. The fourth-order valence-electron chi connectivity index (χ4n) is 1.36. The second kappa shape index (κ2) is 2.76. The molecule has 1 aliphatic carbocycles. The van der Waals surface area contributed by atoms with Crippen molar-refractivity contribution < 1.29 is 0 Å². The Bertz CT molecular complexity index is 309. The SMILES string of the molecule is CCC1=Cc2c(Br)csc2C1. The van der Waals surface area contributed by atoms with E-state index in [-0.39, 0.29) is 0 Å². The average molecular weight is 229 g/mol. The predicted molar refractivity (Wildman–Crippen MR) is 54.0 cm³/mol. The second-order valence-electron chi connectivity index (χ2n) is 2.75. The molecule has 58 valence electrons. The van der Waals surface area contributed by atoms with Crippen LogP contribution in [0.4, 0.5) is 0 Å². The summed E-state index contributed by atoms with van der Waals surface area (Å²) in [6, 6.07) is 0. The van der Waals surface area contributed by atoms with E-state index in [4.69, 9.17) is 0 Å². The van der Waals surface area contributed by atoms with Crippen LogP contribution in [-0.2, 0) is 6.42 Å². The summed E-state index contributed by atoms with van der Waals surface area (Å²) in [5, 5.41) is 2.17. The van der Waals surface area contributed by atoms with Crippen LogP contribution in [-0.4, -0.2) is 0 Å². The molecule has 0 nitrogen and oxygen atoms in total. The minimum absolute atomic E-state index is 1.18. The van der Waals surface area contributed by atoms with Gasteiger partial charge in [-0.3, -0.25) is 0 Å². The van der Waals surface area contributed by atoms with Crippen LogP contribution < -0.4 is 0 Å². The summed E-state index contributed by atoms with van der Waals surface area (Å²) in [7, 11) is 0. The van der Waals surface area contributed by atoms with Gasteiger partial charge >= 0.3 is 0 Å². The van der Waals surface area contributed by atoms with E-state index in [2.05, 4.69) is 34.3 Å². The molecule has 2 rings (SSSR count). The smallest absolute Gasteiger partial charge is 0.0357 e. The fraction of sp³-hybridized carbons (Fsp3) is 0.333. The van der Waals surface area contributed by atoms with Crippen molar-refractivity contribution in [3.63, 3.8) is 0 Å². The molecule has 1 heterocycles. The molecule has 0 amide bonds. The summed E-state index contributed by atoms with van der Waals surface area (Å²) >= 11 is 5.40. The standard InChI is InChI=1S/C9H9BrS/c1-2-6-3-7-8(10)5-11-9(7)4-6/h3,5H,2,4H2,1H3. The predicted octanol–water partition coefficient (Wildman–Crippen LogP) is 3.86. The van der Waals surface area contributed by atoms with Crippen molar-refractivity contribution in [1.82, 2.24) is 0 Å². The van der Waals surface area contributed by atoms with Crippen LogP contribution in [0.5, 0.6) is 0 Å². The van der Waals surface area contributed by atoms with Gasteiger partial charge in [-0.1, -0.05) is 18.6 Å². The molecule has 0 aliphatic heterocycles. The largest absolute Gasteiger partial charge is 0.147 e. The Balaban J connectivity index is 2.43. The zero-order valence-electron chi connectivity index (χ0n) is 6.36. The Morgan fingerprint density at radius 3 is 3.09 bits per heavy atom. The minimum atomic E-state index is 1.18. The van der Waals surface area contributed by atoms with Crippen LogP contribution in [0.15, 0.2) is 15.4 Å². The van der Waals surface area contributed by atoms with E-state index in [0.717, 1.165) is 0 Å². The van der Waals surface area contributed by atoms with Crippen molar-refractivity contribution in [2.75, 3.05) is 0 Å². The molecule has 0 spiro atoms. The van der Waals surface area contributed by atoms with Crippen LogP contribution in [0.25, 0.3) is 6.08 Å². The summed E-state index contributed by atoms with van der Waals surface area (Å²) in [6.45, 7) is 2.22. The number of thiophene rings is 1. The molecule has 0 bridgehead atoms. The average Bonchev–Trinajstić information content (AvgIpc) is 2.53. The maximum Gasteiger partial charge on any atom is 0.0357 e. The van der Waals surface area contributed by atoms with E-state index < -0.39 is 0 Å². The van der Waals surface area contributed by atoms with Crippen molar-refractivity contribution >= 4 is 33.3 Å². The van der Waals surface area contributed by atoms with Crippen molar-refractivity contribution in [3.05, 3.63) is 25.9 Å². The van der Waals surface area contributed by atoms with Crippen molar-refractivity contribution in [2.45, 2.75) is 19.8 Å². The Labute approximate surface area is 79.1 Å². The van der Waals surface area contributed by atoms with Gasteiger partial charge in [0.05, 0.1) is 0 Å². The maximum absolute atomic E-state index is 3.54. The van der Waals surface area contributed by atoms with Crippen LogP contribution in [0.1, 0.15) is 23.8 Å². The normalized spacial score (nSPS) is 14.9. The number of halogens is 1. The lowest BCUT2D eigenvalue weighted by atomic mass is 10.2. The molecule has 0 N–H and O–H groups in total. The lowest BCUT2D eigenvalue weighted by Gasteiger charge is -1.91.